The Morgan fingerprint density at radius 3 is 2.42 bits per heavy atom. The van der Waals surface area contributed by atoms with Gasteiger partial charge in [0, 0.05) is 16.6 Å². The number of rotatable bonds is 6. The monoisotopic (exact) mass is 454 g/mol. The van der Waals surface area contributed by atoms with Crippen molar-refractivity contribution >= 4 is 34.3 Å². The van der Waals surface area contributed by atoms with E-state index in [0.29, 0.717) is 16.4 Å². The Bertz CT molecular complexity index is 1440. The molecule has 9 heteroatoms. The van der Waals surface area contributed by atoms with Crippen LogP contribution in [0.4, 0.5) is 5.69 Å². The van der Waals surface area contributed by atoms with Gasteiger partial charge < -0.3 is 10.1 Å². The van der Waals surface area contributed by atoms with Crippen molar-refractivity contribution in [2.24, 2.45) is 10.2 Å². The van der Waals surface area contributed by atoms with E-state index in [-0.39, 0.29) is 17.3 Å². The molecule has 162 valence electrons. The van der Waals surface area contributed by atoms with Crippen LogP contribution in [0.3, 0.4) is 0 Å². The fraction of sp³-hybridized carbons (Fsp3) is 0.0417. The van der Waals surface area contributed by atoms with Crippen LogP contribution in [-0.4, -0.2) is 36.5 Å². The molecule has 0 aliphatic rings. The van der Waals surface area contributed by atoms with Gasteiger partial charge in [-0.1, -0.05) is 78.5 Å². The summed E-state index contributed by atoms with van der Waals surface area (Å²) in [6.45, 7) is 0. The number of aromatic nitrogens is 4. The van der Waals surface area contributed by atoms with Gasteiger partial charge in [0.15, 0.2) is 16.7 Å². The first-order chi connectivity index (χ1) is 16.2. The topological polar surface area (TPSA) is 109 Å². The number of hydrogen-bond acceptors (Lipinski definition) is 6. The molecular weight excluding hydrogens is 436 g/mol. The van der Waals surface area contributed by atoms with E-state index >= 15 is 0 Å². The third-order valence-corrected chi connectivity index (χ3v) is 5.84. The van der Waals surface area contributed by atoms with Crippen LogP contribution in [0.5, 0.6) is 5.88 Å². The molecule has 0 fully saturated rings. The van der Waals surface area contributed by atoms with Gasteiger partial charge >= 0.3 is 0 Å². The van der Waals surface area contributed by atoms with Crippen LogP contribution in [0.2, 0.25) is 0 Å². The van der Waals surface area contributed by atoms with Crippen LogP contribution in [0.15, 0.2) is 100 Å². The lowest BCUT2D eigenvalue weighted by Crippen LogP contribution is -2.02. The second-order valence-electron chi connectivity index (χ2n) is 7.09. The molecule has 0 saturated carbocycles. The number of nitrogens with one attached hydrogen (secondary N) is 1. The molecular formula is C24H18N6O2S. The SMILES string of the molecule is O=C(CSc1nnc(-c2ccccc2)n1-c1ccccc1)N=Nc1c(O)[nH]c2ccccc12. The maximum atomic E-state index is 12.5. The van der Waals surface area contributed by atoms with Crippen molar-refractivity contribution in [3.05, 3.63) is 84.9 Å². The number of hydrogen-bond donors (Lipinski definition) is 2. The van der Waals surface area contributed by atoms with Crippen LogP contribution in [0.25, 0.3) is 28.0 Å². The molecule has 1 amide bonds. The van der Waals surface area contributed by atoms with E-state index in [4.69, 9.17) is 0 Å². The average molecular weight is 455 g/mol. The fourth-order valence-corrected chi connectivity index (χ4v) is 4.15. The number of para-hydroxylation sites is 2. The van der Waals surface area contributed by atoms with Crippen LogP contribution in [0, 0.1) is 0 Å². The summed E-state index contributed by atoms with van der Waals surface area (Å²) in [6.07, 6.45) is 0. The molecule has 0 atom stereocenters. The van der Waals surface area contributed by atoms with E-state index < -0.39 is 5.91 Å². The van der Waals surface area contributed by atoms with Gasteiger partial charge in [-0.2, -0.15) is 0 Å². The number of aromatic hydroxyl groups is 1. The van der Waals surface area contributed by atoms with Gasteiger partial charge in [0.1, 0.15) is 0 Å². The van der Waals surface area contributed by atoms with Gasteiger partial charge in [-0.05, 0) is 18.2 Å². The highest BCUT2D eigenvalue weighted by Crippen LogP contribution is 2.35. The summed E-state index contributed by atoms with van der Waals surface area (Å²) in [4.78, 5) is 15.3. The van der Waals surface area contributed by atoms with E-state index in [0.717, 1.165) is 16.8 Å². The Labute approximate surface area is 193 Å². The first-order valence-corrected chi connectivity index (χ1v) is 11.1. The zero-order valence-corrected chi connectivity index (χ0v) is 18.1. The molecule has 0 radical (unpaired) electrons. The smallest absolute Gasteiger partial charge is 0.275 e. The summed E-state index contributed by atoms with van der Waals surface area (Å²) in [5.74, 6) is 0.124. The molecule has 0 saturated heterocycles. The minimum Gasteiger partial charge on any atom is -0.493 e. The third kappa shape index (κ3) is 4.26. The van der Waals surface area contributed by atoms with Crippen molar-refractivity contribution in [3.8, 4) is 23.0 Å². The second kappa shape index (κ2) is 9.09. The summed E-state index contributed by atoms with van der Waals surface area (Å²) in [5, 5.41) is 27.8. The van der Waals surface area contributed by atoms with E-state index in [1.807, 2.05) is 83.4 Å². The van der Waals surface area contributed by atoms with Crippen molar-refractivity contribution in [2.75, 3.05) is 5.75 Å². The highest BCUT2D eigenvalue weighted by Gasteiger charge is 2.17. The van der Waals surface area contributed by atoms with Crippen molar-refractivity contribution in [1.29, 1.82) is 0 Å². The fourth-order valence-electron chi connectivity index (χ4n) is 3.42. The molecule has 5 rings (SSSR count). The molecule has 33 heavy (non-hydrogen) atoms. The predicted molar refractivity (Wildman–Crippen MR) is 127 cm³/mol. The molecule has 2 heterocycles. The molecule has 0 aliphatic heterocycles. The number of nitrogens with zero attached hydrogens (tertiary/aromatic N) is 5. The zero-order valence-electron chi connectivity index (χ0n) is 17.3. The number of carbonyl (C=O) groups excluding carboxylic acids is 1. The Kier molecular flexibility index (Phi) is 5.69. The Hall–Kier alpha value is -4.24. The number of benzene rings is 3. The van der Waals surface area contributed by atoms with Crippen molar-refractivity contribution in [2.45, 2.75) is 5.16 Å². The van der Waals surface area contributed by atoms with Crippen LogP contribution >= 0.6 is 11.8 Å². The first kappa shape index (κ1) is 20.7. The van der Waals surface area contributed by atoms with E-state index in [1.54, 1.807) is 6.07 Å². The number of carbonyl (C=O) groups is 1. The molecule has 5 aromatic rings. The molecule has 2 aromatic heterocycles. The third-order valence-electron chi connectivity index (χ3n) is 4.93. The Morgan fingerprint density at radius 1 is 0.939 bits per heavy atom. The van der Waals surface area contributed by atoms with Crippen LogP contribution < -0.4 is 0 Å². The highest BCUT2D eigenvalue weighted by molar-refractivity contribution is 7.99. The molecule has 0 spiro atoms. The maximum absolute atomic E-state index is 12.5. The maximum Gasteiger partial charge on any atom is 0.275 e. The van der Waals surface area contributed by atoms with Gasteiger partial charge in [-0.25, -0.2) is 0 Å². The normalized spacial score (nSPS) is 11.4. The van der Waals surface area contributed by atoms with Gasteiger partial charge in [-0.3, -0.25) is 9.36 Å². The number of H-pyrrole nitrogens is 1. The van der Waals surface area contributed by atoms with E-state index in [1.165, 1.54) is 11.8 Å². The van der Waals surface area contributed by atoms with Crippen LogP contribution in [-0.2, 0) is 4.79 Å². The van der Waals surface area contributed by atoms with Gasteiger partial charge in [0.2, 0.25) is 5.88 Å². The van der Waals surface area contributed by atoms with E-state index in [2.05, 4.69) is 25.4 Å². The predicted octanol–water partition coefficient (Wildman–Crippen LogP) is 5.52. The molecule has 0 aliphatic carbocycles. The Balaban J connectivity index is 1.38. The Morgan fingerprint density at radius 2 is 1.64 bits per heavy atom. The summed E-state index contributed by atoms with van der Waals surface area (Å²) in [7, 11) is 0. The summed E-state index contributed by atoms with van der Waals surface area (Å²) < 4.78 is 1.91. The quantitative estimate of drug-likeness (QED) is 0.259. The second-order valence-corrected chi connectivity index (χ2v) is 8.04. The molecule has 8 nitrogen and oxygen atoms in total. The zero-order chi connectivity index (χ0) is 22.6. The standard InChI is InChI=1S/C24H18N6O2S/c31-20(26-27-21-18-13-7-8-14-19(18)25-23(21)32)15-33-24-29-28-22(16-9-3-1-4-10-16)30(24)17-11-5-2-6-12-17/h1-14,25,32H,15H2. The van der Waals surface area contributed by atoms with E-state index in [9.17, 15) is 9.90 Å². The molecule has 0 unspecified atom stereocenters. The lowest BCUT2D eigenvalue weighted by Gasteiger charge is -2.09. The minimum atomic E-state index is -0.450. The average Bonchev–Trinajstić information content (AvgIpc) is 3.43. The molecule has 3 aromatic carbocycles. The number of fused-ring (bicyclic) bond motifs is 1. The van der Waals surface area contributed by atoms with Crippen molar-refractivity contribution in [3.63, 3.8) is 0 Å². The first-order valence-electron chi connectivity index (χ1n) is 10.1. The summed E-state index contributed by atoms with van der Waals surface area (Å²) in [6, 6.07) is 26.8. The number of azo groups is 1. The number of aromatic amines is 1. The summed E-state index contributed by atoms with van der Waals surface area (Å²) >= 11 is 1.23. The number of thioether (sulfide) groups is 1. The lowest BCUT2D eigenvalue weighted by atomic mass is 10.2. The van der Waals surface area contributed by atoms with Gasteiger partial charge in [-0.15, -0.1) is 20.4 Å². The lowest BCUT2D eigenvalue weighted by molar-refractivity contribution is -0.115. The van der Waals surface area contributed by atoms with Gasteiger partial charge in [0.25, 0.3) is 5.91 Å². The largest absolute Gasteiger partial charge is 0.493 e. The van der Waals surface area contributed by atoms with Crippen molar-refractivity contribution in [1.82, 2.24) is 19.7 Å². The molecule has 2 N–H and O–H groups in total. The minimum absolute atomic E-state index is 0.0202. The highest BCUT2D eigenvalue weighted by atomic mass is 32.2. The van der Waals surface area contributed by atoms with Crippen molar-refractivity contribution < 1.29 is 9.90 Å². The summed E-state index contributed by atoms with van der Waals surface area (Å²) in [5.41, 5.74) is 2.76. The molecule has 0 bridgehead atoms. The number of amides is 1. The van der Waals surface area contributed by atoms with Crippen LogP contribution in [0.1, 0.15) is 0 Å². The van der Waals surface area contributed by atoms with Gasteiger partial charge in [0.05, 0.1) is 11.3 Å².